The van der Waals surface area contributed by atoms with Crippen LogP contribution in [-0.4, -0.2) is 28.6 Å². The van der Waals surface area contributed by atoms with Gasteiger partial charge in [-0.2, -0.15) is 0 Å². The fourth-order valence-corrected chi connectivity index (χ4v) is 2.79. The molecule has 21 heavy (non-hydrogen) atoms. The second-order valence-corrected chi connectivity index (χ2v) is 5.83. The molecule has 4 nitrogen and oxygen atoms in total. The van der Waals surface area contributed by atoms with E-state index in [0.29, 0.717) is 24.3 Å². The van der Waals surface area contributed by atoms with Crippen molar-refractivity contribution in [2.75, 3.05) is 12.4 Å². The van der Waals surface area contributed by atoms with E-state index in [1.54, 1.807) is 19.1 Å². The second-order valence-electron chi connectivity index (χ2n) is 4.56. The van der Waals surface area contributed by atoms with Crippen LogP contribution < -0.4 is 0 Å². The van der Waals surface area contributed by atoms with Gasteiger partial charge in [0.1, 0.15) is 0 Å². The minimum Gasteiger partial charge on any atom is -0.466 e. The molecule has 116 valence electrons. The summed E-state index contributed by atoms with van der Waals surface area (Å²) in [5.74, 6) is -0.283. The van der Waals surface area contributed by atoms with E-state index in [2.05, 4.69) is 0 Å². The van der Waals surface area contributed by atoms with Gasteiger partial charge < -0.3 is 9.84 Å². The molecule has 0 radical (unpaired) electrons. The van der Waals surface area contributed by atoms with Crippen LogP contribution in [0.15, 0.2) is 30.3 Å². The first-order valence-corrected chi connectivity index (χ1v) is 8.14. The standard InChI is InChI=1S/C16H22O4S/c1-3-20-14(17)11-10-13(16(19)21-4-2)15(18)12-8-6-5-7-9-12/h5-9,13,15,18H,3-4,10-11H2,1-2H3/t13-,15+/m0/s1. The zero-order valence-electron chi connectivity index (χ0n) is 12.5. The molecule has 0 unspecified atom stereocenters. The molecule has 1 aromatic rings. The molecule has 0 amide bonds. The number of carbonyl (C=O) groups excluding carboxylic acids is 2. The summed E-state index contributed by atoms with van der Waals surface area (Å²) in [6.45, 7) is 3.95. The number of hydrogen-bond donors (Lipinski definition) is 1. The summed E-state index contributed by atoms with van der Waals surface area (Å²) in [4.78, 5) is 23.6. The molecule has 2 atom stereocenters. The third-order valence-electron chi connectivity index (χ3n) is 3.08. The van der Waals surface area contributed by atoms with Gasteiger partial charge in [0.05, 0.1) is 18.6 Å². The molecule has 0 spiro atoms. The van der Waals surface area contributed by atoms with Crippen LogP contribution in [0.1, 0.15) is 38.4 Å². The number of benzene rings is 1. The Morgan fingerprint density at radius 3 is 2.48 bits per heavy atom. The number of esters is 1. The zero-order chi connectivity index (χ0) is 15.7. The summed E-state index contributed by atoms with van der Waals surface area (Å²) >= 11 is 1.18. The van der Waals surface area contributed by atoms with Crippen LogP contribution in [0.2, 0.25) is 0 Å². The lowest BCUT2D eigenvalue weighted by atomic mass is 9.92. The van der Waals surface area contributed by atoms with Crippen molar-refractivity contribution in [2.24, 2.45) is 5.92 Å². The molecule has 0 aromatic heterocycles. The number of thioether (sulfide) groups is 1. The van der Waals surface area contributed by atoms with Gasteiger partial charge in [0, 0.05) is 6.42 Å². The highest BCUT2D eigenvalue weighted by Crippen LogP contribution is 2.30. The summed E-state index contributed by atoms with van der Waals surface area (Å²) in [7, 11) is 0. The summed E-state index contributed by atoms with van der Waals surface area (Å²) in [5.41, 5.74) is 0.691. The summed E-state index contributed by atoms with van der Waals surface area (Å²) in [5, 5.41) is 10.3. The van der Waals surface area contributed by atoms with E-state index in [9.17, 15) is 14.7 Å². The fraction of sp³-hybridized carbons (Fsp3) is 0.500. The lowest BCUT2D eigenvalue weighted by Crippen LogP contribution is -2.22. The molecule has 0 saturated carbocycles. The monoisotopic (exact) mass is 310 g/mol. The minimum atomic E-state index is -0.896. The van der Waals surface area contributed by atoms with Crippen molar-refractivity contribution < 1.29 is 19.4 Å². The van der Waals surface area contributed by atoms with E-state index in [0.717, 1.165) is 0 Å². The SMILES string of the molecule is CCOC(=O)CC[C@H](C(=O)SCC)[C@H](O)c1ccccc1. The van der Waals surface area contributed by atoms with Crippen molar-refractivity contribution in [1.29, 1.82) is 0 Å². The van der Waals surface area contributed by atoms with Crippen molar-refractivity contribution in [2.45, 2.75) is 32.8 Å². The molecule has 1 rings (SSSR count). The average Bonchev–Trinajstić information content (AvgIpc) is 2.48. The molecule has 0 bridgehead atoms. The maximum absolute atomic E-state index is 12.2. The predicted molar refractivity (Wildman–Crippen MR) is 83.9 cm³/mol. The first-order chi connectivity index (χ1) is 10.1. The summed E-state index contributed by atoms with van der Waals surface area (Å²) in [6.07, 6.45) is -0.466. The smallest absolute Gasteiger partial charge is 0.305 e. The molecule has 0 fully saturated rings. The van der Waals surface area contributed by atoms with Crippen molar-refractivity contribution in [3.8, 4) is 0 Å². The van der Waals surface area contributed by atoms with Gasteiger partial charge in [0.2, 0.25) is 0 Å². The Morgan fingerprint density at radius 2 is 1.90 bits per heavy atom. The number of rotatable bonds is 8. The van der Waals surface area contributed by atoms with E-state index in [4.69, 9.17) is 4.74 Å². The van der Waals surface area contributed by atoms with Crippen molar-refractivity contribution in [1.82, 2.24) is 0 Å². The van der Waals surface area contributed by atoms with Crippen molar-refractivity contribution >= 4 is 22.8 Å². The Morgan fingerprint density at radius 1 is 1.24 bits per heavy atom. The van der Waals surface area contributed by atoms with Crippen LogP contribution in [0.25, 0.3) is 0 Å². The van der Waals surface area contributed by atoms with Crippen LogP contribution in [0.3, 0.4) is 0 Å². The number of carbonyl (C=O) groups is 2. The average molecular weight is 310 g/mol. The van der Waals surface area contributed by atoms with Crippen molar-refractivity contribution in [3.63, 3.8) is 0 Å². The van der Waals surface area contributed by atoms with E-state index in [1.807, 2.05) is 25.1 Å². The molecule has 0 saturated heterocycles. The van der Waals surface area contributed by atoms with Gasteiger partial charge >= 0.3 is 5.97 Å². The van der Waals surface area contributed by atoms with Gasteiger partial charge in [-0.15, -0.1) is 0 Å². The fourth-order valence-electron chi connectivity index (χ4n) is 2.04. The highest BCUT2D eigenvalue weighted by Gasteiger charge is 2.28. The quantitative estimate of drug-likeness (QED) is 0.748. The molecule has 1 N–H and O–H groups in total. The minimum absolute atomic E-state index is 0.0850. The lowest BCUT2D eigenvalue weighted by molar-refractivity contribution is -0.143. The van der Waals surface area contributed by atoms with Crippen LogP contribution in [-0.2, 0) is 14.3 Å². The topological polar surface area (TPSA) is 63.6 Å². The number of aliphatic hydroxyl groups is 1. The molecule has 0 aliphatic rings. The number of hydrogen-bond acceptors (Lipinski definition) is 5. The Balaban J connectivity index is 2.77. The molecule has 5 heteroatoms. The largest absolute Gasteiger partial charge is 0.466 e. The third-order valence-corrected chi connectivity index (χ3v) is 3.95. The van der Waals surface area contributed by atoms with Gasteiger partial charge in [-0.3, -0.25) is 9.59 Å². The van der Waals surface area contributed by atoms with Crippen molar-refractivity contribution in [3.05, 3.63) is 35.9 Å². The Hall–Kier alpha value is -1.33. The van der Waals surface area contributed by atoms with E-state index >= 15 is 0 Å². The Kier molecular flexibility index (Phi) is 8.08. The molecule has 1 aromatic carbocycles. The van der Waals surface area contributed by atoms with Crippen LogP contribution in [0.5, 0.6) is 0 Å². The maximum atomic E-state index is 12.2. The summed E-state index contributed by atoms with van der Waals surface area (Å²) in [6, 6.07) is 9.06. The molecule has 0 aliphatic carbocycles. The third kappa shape index (κ3) is 5.89. The summed E-state index contributed by atoms with van der Waals surface area (Å²) < 4.78 is 4.88. The number of aliphatic hydroxyl groups excluding tert-OH is 1. The van der Waals surface area contributed by atoms with Crippen LogP contribution in [0, 0.1) is 5.92 Å². The second kappa shape index (κ2) is 9.58. The highest BCUT2D eigenvalue weighted by atomic mass is 32.2. The van der Waals surface area contributed by atoms with E-state index in [-0.39, 0.29) is 17.5 Å². The first kappa shape index (κ1) is 17.7. The maximum Gasteiger partial charge on any atom is 0.305 e. The normalized spacial score (nSPS) is 13.5. The highest BCUT2D eigenvalue weighted by molar-refractivity contribution is 8.13. The Bertz CT molecular complexity index is 447. The van der Waals surface area contributed by atoms with Gasteiger partial charge in [0.15, 0.2) is 5.12 Å². The van der Waals surface area contributed by atoms with Crippen LogP contribution >= 0.6 is 11.8 Å². The van der Waals surface area contributed by atoms with Crippen LogP contribution in [0.4, 0.5) is 0 Å². The first-order valence-electron chi connectivity index (χ1n) is 7.15. The van der Waals surface area contributed by atoms with E-state index < -0.39 is 12.0 Å². The zero-order valence-corrected chi connectivity index (χ0v) is 13.3. The van der Waals surface area contributed by atoms with Gasteiger partial charge in [0.25, 0.3) is 0 Å². The number of ether oxygens (including phenoxy) is 1. The predicted octanol–water partition coefficient (Wildman–Crippen LogP) is 2.96. The van der Waals surface area contributed by atoms with Gasteiger partial charge in [-0.1, -0.05) is 49.0 Å². The van der Waals surface area contributed by atoms with Gasteiger partial charge in [-0.25, -0.2) is 0 Å². The van der Waals surface area contributed by atoms with Gasteiger partial charge in [-0.05, 0) is 24.7 Å². The van der Waals surface area contributed by atoms with E-state index in [1.165, 1.54) is 11.8 Å². The molecule has 0 aliphatic heterocycles. The lowest BCUT2D eigenvalue weighted by Gasteiger charge is -2.21. The Labute approximate surface area is 129 Å². The molecular formula is C16H22O4S. The molecule has 0 heterocycles. The molecular weight excluding hydrogens is 288 g/mol.